The Balaban J connectivity index is 1.93. The largest absolute Gasteiger partial charge is 0.398 e. The number of nitrogens with two attached hydrogens (primary N) is 1. The smallest absolute Gasteiger partial charge is 0.233 e. The second-order valence-electron chi connectivity index (χ2n) is 5.07. The van der Waals surface area contributed by atoms with Gasteiger partial charge in [0.15, 0.2) is 0 Å². The molecule has 0 heterocycles. The molecule has 1 unspecified atom stereocenters. The first-order valence-corrected chi connectivity index (χ1v) is 8.48. The number of benzene rings is 1. The molecule has 1 aliphatic carbocycles. The highest BCUT2D eigenvalue weighted by Crippen LogP contribution is 2.22. The summed E-state index contributed by atoms with van der Waals surface area (Å²) in [6, 6.07) is 5.03. The molecule has 0 aromatic heterocycles. The third kappa shape index (κ3) is 4.21. The van der Waals surface area contributed by atoms with E-state index >= 15 is 0 Å². The number of nitrogen functional groups attached to an aromatic ring is 1. The van der Waals surface area contributed by atoms with E-state index in [4.69, 9.17) is 17.3 Å². The molecule has 1 amide bonds. The quantitative estimate of drug-likeness (QED) is 0.839. The summed E-state index contributed by atoms with van der Waals surface area (Å²) in [6.07, 6.45) is 5.55. The summed E-state index contributed by atoms with van der Waals surface area (Å²) in [5.74, 6) is -0.254. The average molecular weight is 315 g/mol. The van der Waals surface area contributed by atoms with Gasteiger partial charge in [0.25, 0.3) is 0 Å². The lowest BCUT2D eigenvalue weighted by molar-refractivity contribution is -0.119. The average Bonchev–Trinajstić information content (AvgIpc) is 2.42. The van der Waals surface area contributed by atoms with E-state index in [0.717, 1.165) is 25.7 Å². The van der Waals surface area contributed by atoms with E-state index in [0.29, 0.717) is 15.6 Å². The molecule has 1 aliphatic rings. The zero-order valence-corrected chi connectivity index (χ0v) is 12.8. The van der Waals surface area contributed by atoms with Crippen LogP contribution in [0.3, 0.4) is 0 Å². The van der Waals surface area contributed by atoms with Crippen molar-refractivity contribution in [1.29, 1.82) is 0 Å². The zero-order chi connectivity index (χ0) is 14.5. The van der Waals surface area contributed by atoms with Crippen LogP contribution < -0.4 is 11.1 Å². The molecule has 0 bridgehead atoms. The van der Waals surface area contributed by atoms with Crippen LogP contribution in [0, 0.1) is 0 Å². The first-order valence-electron chi connectivity index (χ1n) is 6.79. The predicted molar refractivity (Wildman–Crippen MR) is 82.2 cm³/mol. The third-order valence-corrected chi connectivity index (χ3v) is 5.06. The molecule has 6 heteroatoms. The van der Waals surface area contributed by atoms with Gasteiger partial charge in [-0.1, -0.05) is 30.9 Å². The van der Waals surface area contributed by atoms with Gasteiger partial charge in [-0.25, -0.2) is 0 Å². The highest BCUT2D eigenvalue weighted by atomic mass is 35.5. The summed E-state index contributed by atoms with van der Waals surface area (Å²) in [6.45, 7) is 0. The Hall–Kier alpha value is -1.07. The maximum Gasteiger partial charge on any atom is 0.233 e. The number of amides is 1. The number of halogens is 1. The van der Waals surface area contributed by atoms with Crippen molar-refractivity contribution in [2.45, 2.75) is 43.0 Å². The molecular weight excluding hydrogens is 296 g/mol. The molecule has 1 aromatic carbocycles. The van der Waals surface area contributed by atoms with Crippen LogP contribution in [0.25, 0.3) is 0 Å². The molecule has 1 atom stereocenters. The summed E-state index contributed by atoms with van der Waals surface area (Å²) < 4.78 is 12.2. The molecule has 1 saturated carbocycles. The molecule has 0 saturated heterocycles. The van der Waals surface area contributed by atoms with Crippen LogP contribution in [-0.4, -0.2) is 21.9 Å². The summed E-state index contributed by atoms with van der Waals surface area (Å²) >= 11 is 5.86. The summed E-state index contributed by atoms with van der Waals surface area (Å²) in [4.78, 5) is 12.3. The fourth-order valence-corrected chi connectivity index (χ4v) is 3.72. The standard InChI is InChI=1S/C14H19ClN2O2S/c15-10-6-7-12(16)13(8-10)20(19)9-14(18)17-11-4-2-1-3-5-11/h6-8,11H,1-5,9,16H2,(H,17,18). The molecule has 1 fully saturated rings. The van der Waals surface area contributed by atoms with E-state index in [1.165, 1.54) is 6.42 Å². The lowest BCUT2D eigenvalue weighted by Crippen LogP contribution is -2.38. The Morgan fingerprint density at radius 1 is 1.35 bits per heavy atom. The first-order chi connectivity index (χ1) is 9.56. The van der Waals surface area contributed by atoms with Crippen LogP contribution in [-0.2, 0) is 15.6 Å². The van der Waals surface area contributed by atoms with Gasteiger partial charge in [-0.3, -0.25) is 9.00 Å². The molecule has 0 spiro atoms. The minimum absolute atomic E-state index is 0.0684. The van der Waals surface area contributed by atoms with Gasteiger partial charge in [-0.2, -0.15) is 0 Å². The fourth-order valence-electron chi connectivity index (χ4n) is 2.42. The highest BCUT2D eigenvalue weighted by Gasteiger charge is 2.18. The summed E-state index contributed by atoms with van der Waals surface area (Å²) in [5, 5.41) is 3.42. The lowest BCUT2D eigenvalue weighted by atomic mass is 9.95. The minimum atomic E-state index is -1.46. The van der Waals surface area contributed by atoms with E-state index < -0.39 is 10.8 Å². The molecule has 2 rings (SSSR count). The number of carbonyl (C=O) groups is 1. The van der Waals surface area contributed by atoms with Gasteiger partial charge in [0.05, 0.1) is 15.7 Å². The van der Waals surface area contributed by atoms with E-state index in [1.54, 1.807) is 18.2 Å². The lowest BCUT2D eigenvalue weighted by Gasteiger charge is -2.22. The van der Waals surface area contributed by atoms with Gasteiger partial charge in [0, 0.05) is 16.8 Å². The van der Waals surface area contributed by atoms with Crippen molar-refractivity contribution in [3.05, 3.63) is 23.2 Å². The topological polar surface area (TPSA) is 72.2 Å². The fraction of sp³-hybridized carbons (Fsp3) is 0.500. The van der Waals surface area contributed by atoms with Gasteiger partial charge in [0.1, 0.15) is 5.75 Å². The molecule has 1 aromatic rings. The van der Waals surface area contributed by atoms with Crippen molar-refractivity contribution in [2.24, 2.45) is 0 Å². The van der Waals surface area contributed by atoms with Crippen molar-refractivity contribution in [2.75, 3.05) is 11.5 Å². The van der Waals surface area contributed by atoms with Crippen molar-refractivity contribution < 1.29 is 9.00 Å². The highest BCUT2D eigenvalue weighted by molar-refractivity contribution is 7.86. The third-order valence-electron chi connectivity index (χ3n) is 3.45. The number of hydrogen-bond acceptors (Lipinski definition) is 3. The molecule has 110 valence electrons. The van der Waals surface area contributed by atoms with Crippen molar-refractivity contribution in [1.82, 2.24) is 5.32 Å². The SMILES string of the molecule is Nc1ccc(Cl)cc1S(=O)CC(=O)NC1CCCCC1. The number of rotatable bonds is 4. The van der Waals surface area contributed by atoms with E-state index in [1.807, 2.05) is 0 Å². The van der Waals surface area contributed by atoms with Crippen LogP contribution in [0.4, 0.5) is 5.69 Å². The van der Waals surface area contributed by atoms with Crippen LogP contribution in [0.15, 0.2) is 23.1 Å². The normalized spacial score (nSPS) is 17.6. The van der Waals surface area contributed by atoms with E-state index in [2.05, 4.69) is 5.32 Å². The van der Waals surface area contributed by atoms with E-state index in [-0.39, 0.29) is 17.7 Å². The minimum Gasteiger partial charge on any atom is -0.398 e. The number of carbonyl (C=O) groups excluding carboxylic acids is 1. The van der Waals surface area contributed by atoms with Crippen LogP contribution >= 0.6 is 11.6 Å². The van der Waals surface area contributed by atoms with Gasteiger partial charge >= 0.3 is 0 Å². The molecule has 3 N–H and O–H groups in total. The van der Waals surface area contributed by atoms with Crippen LogP contribution in [0.2, 0.25) is 5.02 Å². The van der Waals surface area contributed by atoms with Crippen molar-refractivity contribution in [3.63, 3.8) is 0 Å². The van der Waals surface area contributed by atoms with Crippen molar-refractivity contribution in [3.8, 4) is 0 Å². The monoisotopic (exact) mass is 314 g/mol. The van der Waals surface area contributed by atoms with Gasteiger partial charge < -0.3 is 11.1 Å². The summed E-state index contributed by atoms with van der Waals surface area (Å²) in [7, 11) is -1.46. The number of anilines is 1. The van der Waals surface area contributed by atoms with Crippen molar-refractivity contribution >= 4 is 34.0 Å². The second kappa shape index (κ2) is 7.09. The van der Waals surface area contributed by atoms with Gasteiger partial charge in [-0.15, -0.1) is 0 Å². The molecule has 4 nitrogen and oxygen atoms in total. The van der Waals surface area contributed by atoms with Gasteiger partial charge in [0.2, 0.25) is 5.91 Å². The Bertz CT molecular complexity index is 516. The van der Waals surface area contributed by atoms with Crippen LogP contribution in [0.5, 0.6) is 0 Å². The molecule has 0 radical (unpaired) electrons. The van der Waals surface area contributed by atoms with E-state index in [9.17, 15) is 9.00 Å². The predicted octanol–water partition coefficient (Wildman–Crippen LogP) is 2.48. The molecule has 20 heavy (non-hydrogen) atoms. The second-order valence-corrected chi connectivity index (χ2v) is 6.93. The Kier molecular flexibility index (Phi) is 5.43. The Labute approximate surface area is 126 Å². The molecule has 0 aliphatic heterocycles. The number of hydrogen-bond donors (Lipinski definition) is 2. The Morgan fingerprint density at radius 2 is 2.05 bits per heavy atom. The maximum absolute atomic E-state index is 12.2. The summed E-state index contributed by atoms with van der Waals surface area (Å²) in [5.41, 5.74) is 6.17. The zero-order valence-electron chi connectivity index (χ0n) is 11.2. The van der Waals surface area contributed by atoms with Gasteiger partial charge in [-0.05, 0) is 31.0 Å². The Morgan fingerprint density at radius 3 is 2.75 bits per heavy atom. The number of nitrogens with one attached hydrogen (secondary N) is 1. The maximum atomic E-state index is 12.2. The molecular formula is C14H19ClN2O2S. The van der Waals surface area contributed by atoms with Crippen LogP contribution in [0.1, 0.15) is 32.1 Å². The first kappa shape index (κ1) is 15.3.